The number of hydrogen-bond acceptors (Lipinski definition) is 3. The lowest BCUT2D eigenvalue weighted by atomic mass is 9.87. The molecule has 0 bridgehead atoms. The molecule has 0 aliphatic rings. The third-order valence-corrected chi connectivity index (χ3v) is 5.80. The van der Waals surface area contributed by atoms with Gasteiger partial charge in [-0.1, -0.05) is 32.9 Å². The smallest absolute Gasteiger partial charge is 0.333 e. The molecule has 0 aliphatic carbocycles. The number of aromatic nitrogens is 5. The molecule has 5 aromatic rings. The largest absolute Gasteiger partial charge is 0.346 e. The number of aromatic amines is 1. The second-order valence-corrected chi connectivity index (χ2v) is 9.11. The molecule has 32 heavy (non-hydrogen) atoms. The maximum Gasteiger partial charge on any atom is 0.333 e. The predicted octanol–water partition coefficient (Wildman–Crippen LogP) is 5.08. The first-order valence-electron chi connectivity index (χ1n) is 10.6. The van der Waals surface area contributed by atoms with Crippen LogP contribution in [0.25, 0.3) is 39.2 Å². The minimum atomic E-state index is -0.105. The molecule has 0 unspecified atom stereocenters. The fourth-order valence-electron chi connectivity index (χ4n) is 3.95. The van der Waals surface area contributed by atoms with E-state index in [4.69, 9.17) is 0 Å². The molecule has 6 heteroatoms. The first-order valence-corrected chi connectivity index (χ1v) is 10.6. The van der Waals surface area contributed by atoms with E-state index < -0.39 is 0 Å². The molecule has 1 N–H and O–H groups in total. The van der Waals surface area contributed by atoms with Gasteiger partial charge in [0.05, 0.1) is 17.1 Å². The maximum atomic E-state index is 13.0. The van der Waals surface area contributed by atoms with Crippen LogP contribution >= 0.6 is 0 Å². The summed E-state index contributed by atoms with van der Waals surface area (Å²) in [5.74, 6) is 0. The molecule has 4 aromatic heterocycles. The third-order valence-electron chi connectivity index (χ3n) is 5.80. The number of hydrogen-bond donors (Lipinski definition) is 1. The Labute approximate surface area is 186 Å². The second-order valence-electron chi connectivity index (χ2n) is 9.11. The zero-order valence-electron chi connectivity index (χ0n) is 18.6. The quantitative estimate of drug-likeness (QED) is 0.440. The lowest BCUT2D eigenvalue weighted by Crippen LogP contribution is -2.21. The average Bonchev–Trinajstić information content (AvgIpc) is 3.37. The van der Waals surface area contributed by atoms with Gasteiger partial charge in [-0.05, 0) is 52.9 Å². The summed E-state index contributed by atoms with van der Waals surface area (Å²) in [5, 5.41) is 1.05. The maximum absolute atomic E-state index is 13.0. The number of benzene rings is 1. The van der Waals surface area contributed by atoms with E-state index in [-0.39, 0.29) is 11.1 Å². The summed E-state index contributed by atoms with van der Waals surface area (Å²) >= 11 is 0. The first-order chi connectivity index (χ1) is 15.3. The van der Waals surface area contributed by atoms with Crippen LogP contribution in [0.3, 0.4) is 0 Å². The molecule has 0 radical (unpaired) electrons. The van der Waals surface area contributed by atoms with Crippen molar-refractivity contribution in [2.24, 2.45) is 7.05 Å². The molecular formula is C26H25N5O. The highest BCUT2D eigenvalue weighted by Crippen LogP contribution is 2.28. The van der Waals surface area contributed by atoms with E-state index in [1.165, 1.54) is 5.56 Å². The highest BCUT2D eigenvalue weighted by Gasteiger charge is 2.17. The number of nitrogens with one attached hydrogen (secondary N) is 1. The summed E-state index contributed by atoms with van der Waals surface area (Å²) in [4.78, 5) is 25.2. The lowest BCUT2D eigenvalue weighted by Gasteiger charge is -2.19. The monoisotopic (exact) mass is 423 g/mol. The Morgan fingerprint density at radius 1 is 0.938 bits per heavy atom. The molecule has 0 saturated heterocycles. The predicted molar refractivity (Wildman–Crippen MR) is 128 cm³/mol. The van der Waals surface area contributed by atoms with Crippen molar-refractivity contribution in [3.8, 4) is 28.2 Å². The Balaban J connectivity index is 1.61. The van der Waals surface area contributed by atoms with Crippen LogP contribution in [-0.4, -0.2) is 24.1 Å². The Hall–Kier alpha value is -3.93. The molecule has 4 heterocycles. The minimum Gasteiger partial charge on any atom is -0.346 e. The van der Waals surface area contributed by atoms with Crippen LogP contribution in [-0.2, 0) is 12.5 Å². The molecule has 5 rings (SSSR count). The van der Waals surface area contributed by atoms with Gasteiger partial charge in [-0.25, -0.2) is 9.78 Å². The molecule has 0 saturated carbocycles. The van der Waals surface area contributed by atoms with Gasteiger partial charge in [0.1, 0.15) is 5.65 Å². The van der Waals surface area contributed by atoms with Crippen molar-refractivity contribution in [3.05, 3.63) is 89.4 Å². The molecule has 0 fully saturated rings. The van der Waals surface area contributed by atoms with Crippen LogP contribution in [0.15, 0.2) is 78.1 Å². The molecule has 160 valence electrons. The number of pyridine rings is 2. The zero-order chi connectivity index (χ0) is 22.5. The van der Waals surface area contributed by atoms with Crippen LogP contribution in [0, 0.1) is 0 Å². The van der Waals surface area contributed by atoms with Crippen molar-refractivity contribution in [2.75, 3.05) is 0 Å². The summed E-state index contributed by atoms with van der Waals surface area (Å²) in [6.07, 6.45) is 7.34. The molecule has 0 spiro atoms. The summed E-state index contributed by atoms with van der Waals surface area (Å²) in [6.45, 7) is 6.53. The molecule has 1 aromatic carbocycles. The highest BCUT2D eigenvalue weighted by atomic mass is 16.1. The summed E-state index contributed by atoms with van der Waals surface area (Å²) in [7, 11) is 1.76. The number of rotatable bonds is 3. The number of nitrogens with zero attached hydrogens (tertiary/aromatic N) is 4. The van der Waals surface area contributed by atoms with Crippen molar-refractivity contribution >= 4 is 11.0 Å². The van der Waals surface area contributed by atoms with Gasteiger partial charge >= 0.3 is 5.69 Å². The van der Waals surface area contributed by atoms with Gasteiger partial charge in [0, 0.05) is 42.8 Å². The van der Waals surface area contributed by atoms with Crippen LogP contribution in [0.2, 0.25) is 0 Å². The van der Waals surface area contributed by atoms with E-state index in [1.54, 1.807) is 22.4 Å². The van der Waals surface area contributed by atoms with Gasteiger partial charge in [0.2, 0.25) is 0 Å². The minimum absolute atomic E-state index is 0.0491. The topological polar surface area (TPSA) is 68.5 Å². The van der Waals surface area contributed by atoms with E-state index in [2.05, 4.69) is 53.9 Å². The summed E-state index contributed by atoms with van der Waals surface area (Å²) in [5.41, 5.74) is 6.32. The van der Waals surface area contributed by atoms with E-state index in [1.807, 2.05) is 48.9 Å². The summed E-state index contributed by atoms with van der Waals surface area (Å²) in [6, 6.07) is 16.2. The normalized spacial score (nSPS) is 11.9. The van der Waals surface area contributed by atoms with Crippen LogP contribution in [0.1, 0.15) is 26.3 Å². The van der Waals surface area contributed by atoms with Gasteiger partial charge in [-0.3, -0.25) is 9.55 Å². The van der Waals surface area contributed by atoms with Gasteiger partial charge in [-0.15, -0.1) is 0 Å². The standard InChI is InChI=1S/C26H25N5O/c1-26(2,3)20-5-7-21(8-6-20)31-23(16-30(4)25(31)32)22-14-17(9-11-27-22)19-13-18-10-12-28-24(18)29-15-19/h5-16H,1-4H3,(H,28,29). The van der Waals surface area contributed by atoms with E-state index in [0.717, 1.165) is 39.2 Å². The number of imidazole rings is 1. The molecular weight excluding hydrogens is 398 g/mol. The van der Waals surface area contributed by atoms with E-state index >= 15 is 0 Å². The fraction of sp³-hybridized carbons (Fsp3) is 0.192. The molecule has 0 amide bonds. The zero-order valence-corrected chi connectivity index (χ0v) is 18.6. The number of fused-ring (bicyclic) bond motifs is 1. The van der Waals surface area contributed by atoms with Gasteiger partial charge in [0.25, 0.3) is 0 Å². The third kappa shape index (κ3) is 3.43. The fourth-order valence-corrected chi connectivity index (χ4v) is 3.95. The second kappa shape index (κ2) is 7.34. The Morgan fingerprint density at radius 2 is 1.72 bits per heavy atom. The molecule has 6 nitrogen and oxygen atoms in total. The van der Waals surface area contributed by atoms with Crippen molar-refractivity contribution in [3.63, 3.8) is 0 Å². The number of aryl methyl sites for hydroxylation is 1. The van der Waals surface area contributed by atoms with E-state index in [0.29, 0.717) is 0 Å². The first kappa shape index (κ1) is 20.0. The highest BCUT2D eigenvalue weighted by molar-refractivity contribution is 5.82. The molecule has 0 aliphatic heterocycles. The van der Waals surface area contributed by atoms with Crippen molar-refractivity contribution < 1.29 is 0 Å². The van der Waals surface area contributed by atoms with Crippen molar-refractivity contribution in [1.82, 2.24) is 24.1 Å². The summed E-state index contributed by atoms with van der Waals surface area (Å²) < 4.78 is 3.31. The number of H-pyrrole nitrogens is 1. The average molecular weight is 424 g/mol. The molecule has 0 atom stereocenters. The van der Waals surface area contributed by atoms with Gasteiger partial charge in [0.15, 0.2) is 0 Å². The Kier molecular flexibility index (Phi) is 4.59. The van der Waals surface area contributed by atoms with Gasteiger partial charge in [-0.2, -0.15) is 0 Å². The van der Waals surface area contributed by atoms with Crippen LogP contribution in [0.4, 0.5) is 0 Å². The lowest BCUT2D eigenvalue weighted by molar-refractivity contribution is 0.590. The van der Waals surface area contributed by atoms with Crippen LogP contribution < -0.4 is 5.69 Å². The van der Waals surface area contributed by atoms with Crippen molar-refractivity contribution in [1.29, 1.82) is 0 Å². The van der Waals surface area contributed by atoms with Crippen LogP contribution in [0.5, 0.6) is 0 Å². The van der Waals surface area contributed by atoms with Gasteiger partial charge < -0.3 is 9.55 Å². The van der Waals surface area contributed by atoms with Crippen molar-refractivity contribution in [2.45, 2.75) is 26.2 Å². The Morgan fingerprint density at radius 3 is 2.47 bits per heavy atom. The van der Waals surface area contributed by atoms with E-state index in [9.17, 15) is 4.79 Å². The SMILES string of the molecule is Cn1cc(-c2cc(-c3cnc4[nH]ccc4c3)ccn2)n(-c2ccc(C(C)(C)C)cc2)c1=O. The Bertz CT molecular complexity index is 1480.